The zero-order chi connectivity index (χ0) is 15.5. The Kier molecular flexibility index (Phi) is 5.83. The molecule has 1 N–H and O–H groups in total. The Labute approximate surface area is 133 Å². The van der Waals surface area contributed by atoms with Gasteiger partial charge in [0.25, 0.3) is 0 Å². The molecule has 122 valence electrons. The van der Waals surface area contributed by atoms with E-state index in [2.05, 4.69) is 24.0 Å². The summed E-state index contributed by atoms with van der Waals surface area (Å²) in [7, 11) is 0. The van der Waals surface area contributed by atoms with Crippen molar-refractivity contribution in [1.29, 1.82) is 0 Å². The summed E-state index contributed by atoms with van der Waals surface area (Å²) < 4.78 is 5.44. The first-order valence-corrected chi connectivity index (χ1v) is 9.23. The fourth-order valence-electron chi connectivity index (χ4n) is 3.00. The SMILES string of the molecule is CC1SCCCC1NCC1CCN(C(=O)OC(C)(C)C)C1. The maximum Gasteiger partial charge on any atom is 0.410 e. The molecule has 0 aliphatic carbocycles. The predicted octanol–water partition coefficient (Wildman–Crippen LogP) is 3.12. The molecule has 5 heteroatoms. The average Bonchev–Trinajstić information content (AvgIpc) is 2.85. The van der Waals surface area contributed by atoms with Crippen LogP contribution in [0.2, 0.25) is 0 Å². The summed E-state index contributed by atoms with van der Waals surface area (Å²) in [6.07, 6.45) is 3.53. The molecule has 0 aromatic carbocycles. The van der Waals surface area contributed by atoms with E-state index in [9.17, 15) is 4.79 Å². The minimum atomic E-state index is -0.401. The molecule has 4 nitrogen and oxygen atoms in total. The molecule has 1 amide bonds. The van der Waals surface area contributed by atoms with Crippen LogP contribution in [-0.4, -0.2) is 53.3 Å². The van der Waals surface area contributed by atoms with Gasteiger partial charge in [-0.25, -0.2) is 4.79 Å². The fraction of sp³-hybridized carbons (Fsp3) is 0.938. The number of thioether (sulfide) groups is 1. The normalized spacial score (nSPS) is 30.5. The Hall–Kier alpha value is -0.420. The molecular weight excluding hydrogens is 284 g/mol. The molecule has 2 aliphatic rings. The lowest BCUT2D eigenvalue weighted by Crippen LogP contribution is -2.42. The number of hydrogen-bond acceptors (Lipinski definition) is 4. The third kappa shape index (κ3) is 5.37. The van der Waals surface area contributed by atoms with Crippen LogP contribution in [0.3, 0.4) is 0 Å². The van der Waals surface area contributed by atoms with Gasteiger partial charge in [-0.1, -0.05) is 6.92 Å². The van der Waals surface area contributed by atoms with Gasteiger partial charge in [0.1, 0.15) is 5.60 Å². The summed E-state index contributed by atoms with van der Waals surface area (Å²) in [5.41, 5.74) is -0.401. The van der Waals surface area contributed by atoms with Crippen LogP contribution in [0.25, 0.3) is 0 Å². The highest BCUT2D eigenvalue weighted by Gasteiger charge is 2.30. The van der Waals surface area contributed by atoms with Crippen LogP contribution < -0.4 is 5.32 Å². The van der Waals surface area contributed by atoms with Crippen molar-refractivity contribution in [1.82, 2.24) is 10.2 Å². The molecule has 3 unspecified atom stereocenters. The zero-order valence-electron chi connectivity index (χ0n) is 13.9. The Morgan fingerprint density at radius 2 is 2.14 bits per heavy atom. The highest BCUT2D eigenvalue weighted by atomic mass is 32.2. The number of carbonyl (C=O) groups excluding carboxylic acids is 1. The number of rotatable bonds is 3. The van der Waals surface area contributed by atoms with E-state index in [1.54, 1.807) is 0 Å². The van der Waals surface area contributed by atoms with Crippen molar-refractivity contribution in [2.45, 2.75) is 63.9 Å². The first kappa shape index (κ1) is 16.9. The average molecular weight is 314 g/mol. The largest absolute Gasteiger partial charge is 0.444 e. The Morgan fingerprint density at radius 1 is 1.38 bits per heavy atom. The quantitative estimate of drug-likeness (QED) is 0.869. The van der Waals surface area contributed by atoms with Gasteiger partial charge in [0.15, 0.2) is 0 Å². The van der Waals surface area contributed by atoms with E-state index in [1.165, 1.54) is 18.6 Å². The van der Waals surface area contributed by atoms with Gasteiger partial charge in [-0.05, 0) is 51.7 Å². The molecule has 3 atom stereocenters. The Morgan fingerprint density at radius 3 is 2.81 bits per heavy atom. The van der Waals surface area contributed by atoms with E-state index in [-0.39, 0.29) is 6.09 Å². The second-order valence-electron chi connectivity index (χ2n) is 7.31. The van der Waals surface area contributed by atoms with Crippen LogP contribution in [0.5, 0.6) is 0 Å². The number of carbonyl (C=O) groups is 1. The van der Waals surface area contributed by atoms with E-state index in [1.807, 2.05) is 25.7 Å². The maximum atomic E-state index is 12.0. The van der Waals surface area contributed by atoms with Gasteiger partial charge in [-0.2, -0.15) is 11.8 Å². The molecule has 0 spiro atoms. The number of likely N-dealkylation sites (tertiary alicyclic amines) is 1. The van der Waals surface area contributed by atoms with Crippen LogP contribution in [0.1, 0.15) is 47.0 Å². The molecule has 21 heavy (non-hydrogen) atoms. The molecule has 2 rings (SSSR count). The second kappa shape index (κ2) is 7.23. The van der Waals surface area contributed by atoms with Gasteiger partial charge in [-0.3, -0.25) is 0 Å². The maximum absolute atomic E-state index is 12.0. The van der Waals surface area contributed by atoms with E-state index in [0.717, 1.165) is 26.1 Å². The number of ether oxygens (including phenoxy) is 1. The molecule has 0 aromatic heterocycles. The van der Waals surface area contributed by atoms with Crippen molar-refractivity contribution < 1.29 is 9.53 Å². The smallest absolute Gasteiger partial charge is 0.410 e. The van der Waals surface area contributed by atoms with Gasteiger partial charge in [0, 0.05) is 30.9 Å². The lowest BCUT2D eigenvalue weighted by atomic mass is 10.1. The van der Waals surface area contributed by atoms with Crippen LogP contribution in [-0.2, 0) is 4.74 Å². The van der Waals surface area contributed by atoms with E-state index in [0.29, 0.717) is 17.2 Å². The van der Waals surface area contributed by atoms with E-state index >= 15 is 0 Å². The van der Waals surface area contributed by atoms with Crippen molar-refractivity contribution in [3.8, 4) is 0 Å². The van der Waals surface area contributed by atoms with Crippen molar-refractivity contribution in [2.24, 2.45) is 5.92 Å². The summed E-state index contributed by atoms with van der Waals surface area (Å²) >= 11 is 2.07. The molecule has 2 fully saturated rings. The summed E-state index contributed by atoms with van der Waals surface area (Å²) in [5.74, 6) is 1.87. The van der Waals surface area contributed by atoms with Crippen LogP contribution >= 0.6 is 11.8 Å². The fourth-order valence-corrected chi connectivity index (χ4v) is 4.17. The third-order valence-corrected chi connectivity index (χ3v) is 5.59. The molecular formula is C16H30N2O2S. The summed E-state index contributed by atoms with van der Waals surface area (Å²) in [6.45, 7) is 10.8. The van der Waals surface area contributed by atoms with Gasteiger partial charge in [-0.15, -0.1) is 0 Å². The minimum Gasteiger partial charge on any atom is -0.444 e. The summed E-state index contributed by atoms with van der Waals surface area (Å²) in [6, 6.07) is 0.638. The standard InChI is InChI=1S/C16H30N2O2S/c1-12-14(6-5-9-21-12)17-10-13-7-8-18(11-13)15(19)20-16(2,3)4/h12-14,17H,5-11H2,1-4H3. The van der Waals surface area contributed by atoms with Gasteiger partial charge in [0.05, 0.1) is 0 Å². The lowest BCUT2D eigenvalue weighted by Gasteiger charge is -2.30. The lowest BCUT2D eigenvalue weighted by molar-refractivity contribution is 0.0288. The molecule has 2 heterocycles. The topological polar surface area (TPSA) is 41.6 Å². The minimum absolute atomic E-state index is 0.161. The molecule has 2 aliphatic heterocycles. The van der Waals surface area contributed by atoms with Gasteiger partial charge >= 0.3 is 6.09 Å². The van der Waals surface area contributed by atoms with Gasteiger partial charge < -0.3 is 15.0 Å². The van der Waals surface area contributed by atoms with Crippen molar-refractivity contribution in [3.63, 3.8) is 0 Å². The monoisotopic (exact) mass is 314 g/mol. The van der Waals surface area contributed by atoms with Crippen LogP contribution in [0.4, 0.5) is 4.79 Å². The van der Waals surface area contributed by atoms with E-state index in [4.69, 9.17) is 4.74 Å². The molecule has 0 saturated carbocycles. The molecule has 0 aromatic rings. The van der Waals surface area contributed by atoms with Crippen LogP contribution in [0.15, 0.2) is 0 Å². The third-order valence-electron chi connectivity index (χ3n) is 4.21. The summed E-state index contributed by atoms with van der Waals surface area (Å²) in [4.78, 5) is 13.9. The second-order valence-corrected chi connectivity index (χ2v) is 8.80. The Bertz CT molecular complexity index is 357. The predicted molar refractivity (Wildman–Crippen MR) is 88.9 cm³/mol. The number of amides is 1. The zero-order valence-corrected chi connectivity index (χ0v) is 14.7. The number of nitrogens with one attached hydrogen (secondary N) is 1. The highest BCUT2D eigenvalue weighted by molar-refractivity contribution is 7.99. The molecule has 0 radical (unpaired) electrons. The van der Waals surface area contributed by atoms with Crippen molar-refractivity contribution in [3.05, 3.63) is 0 Å². The molecule has 2 saturated heterocycles. The van der Waals surface area contributed by atoms with Gasteiger partial charge in [0.2, 0.25) is 0 Å². The van der Waals surface area contributed by atoms with E-state index < -0.39 is 5.60 Å². The first-order chi connectivity index (χ1) is 9.85. The number of nitrogens with zero attached hydrogens (tertiary/aromatic N) is 1. The molecule has 0 bridgehead atoms. The van der Waals surface area contributed by atoms with Crippen molar-refractivity contribution >= 4 is 17.9 Å². The highest BCUT2D eigenvalue weighted by Crippen LogP contribution is 2.26. The number of hydrogen-bond donors (Lipinski definition) is 1. The Balaban J connectivity index is 1.71. The van der Waals surface area contributed by atoms with Crippen molar-refractivity contribution in [2.75, 3.05) is 25.4 Å². The first-order valence-electron chi connectivity index (χ1n) is 8.18. The summed E-state index contributed by atoms with van der Waals surface area (Å²) in [5, 5.41) is 4.43. The van der Waals surface area contributed by atoms with Crippen LogP contribution in [0, 0.1) is 5.92 Å².